The third-order valence-electron chi connectivity index (χ3n) is 4.70. The van der Waals surface area contributed by atoms with Gasteiger partial charge in [0.2, 0.25) is 11.9 Å². The number of amides is 2. The van der Waals surface area contributed by atoms with E-state index in [1.165, 1.54) is 4.90 Å². The Morgan fingerprint density at radius 1 is 1.38 bits per heavy atom. The van der Waals surface area contributed by atoms with E-state index in [-0.39, 0.29) is 31.4 Å². The molecule has 6 nitrogen and oxygen atoms in total. The second-order valence-electron chi connectivity index (χ2n) is 6.45. The molecular weight excluding hydrogens is 366 g/mol. The maximum Gasteiger partial charge on any atom is 0.254 e. The molecule has 1 spiro atoms. The normalized spacial score (nSPS) is 23.7. The Hall–Kier alpha value is -2.61. The molecule has 1 aliphatic heterocycles. The van der Waals surface area contributed by atoms with Gasteiger partial charge < -0.3 is 4.90 Å². The van der Waals surface area contributed by atoms with Gasteiger partial charge in [-0.1, -0.05) is 11.6 Å². The molecule has 26 heavy (non-hydrogen) atoms. The van der Waals surface area contributed by atoms with E-state index in [4.69, 9.17) is 11.6 Å². The van der Waals surface area contributed by atoms with Gasteiger partial charge in [-0.05, 0) is 30.2 Å². The van der Waals surface area contributed by atoms with Crippen LogP contribution in [0.2, 0.25) is 5.02 Å². The molecule has 1 aromatic heterocycles. The zero-order chi connectivity index (χ0) is 18.5. The van der Waals surface area contributed by atoms with Crippen molar-refractivity contribution in [3.8, 4) is 0 Å². The van der Waals surface area contributed by atoms with Crippen molar-refractivity contribution in [2.45, 2.75) is 18.0 Å². The fourth-order valence-corrected chi connectivity index (χ4v) is 3.50. The number of hydrogen-bond acceptors (Lipinski definition) is 4. The first-order valence-corrected chi connectivity index (χ1v) is 8.28. The lowest BCUT2D eigenvalue weighted by Crippen LogP contribution is -2.47. The minimum Gasteiger partial charge on any atom is -0.328 e. The summed E-state index contributed by atoms with van der Waals surface area (Å²) in [6.45, 7) is -0.186. The van der Waals surface area contributed by atoms with E-state index < -0.39 is 23.3 Å². The molecule has 4 rings (SSSR count). The van der Waals surface area contributed by atoms with E-state index >= 15 is 0 Å². The molecule has 1 aliphatic carbocycles. The number of fused-ring (bicyclic) bond motifs is 2. The van der Waals surface area contributed by atoms with Crippen LogP contribution in [0.1, 0.15) is 22.3 Å². The van der Waals surface area contributed by atoms with E-state index in [1.807, 2.05) is 0 Å². The first kappa shape index (κ1) is 16.8. The van der Waals surface area contributed by atoms with E-state index in [0.29, 0.717) is 16.1 Å². The fraction of sp³-hybridized carbons (Fsp3) is 0.294. The van der Waals surface area contributed by atoms with Crippen molar-refractivity contribution in [1.82, 2.24) is 14.9 Å². The van der Waals surface area contributed by atoms with Crippen LogP contribution in [0.5, 0.6) is 0 Å². The van der Waals surface area contributed by atoms with Crippen LogP contribution in [0.3, 0.4) is 0 Å². The third kappa shape index (κ3) is 2.80. The molecule has 0 radical (unpaired) electrons. The Morgan fingerprint density at radius 2 is 2.08 bits per heavy atom. The summed E-state index contributed by atoms with van der Waals surface area (Å²) in [5.41, 5.74) is 0.147. The summed E-state index contributed by atoms with van der Waals surface area (Å²) in [6, 6.07) is 4.75. The molecule has 2 aromatic rings. The molecule has 0 bridgehead atoms. The highest BCUT2D eigenvalue weighted by molar-refractivity contribution is 6.30. The van der Waals surface area contributed by atoms with E-state index in [1.54, 1.807) is 18.2 Å². The summed E-state index contributed by atoms with van der Waals surface area (Å²) in [6.07, 6.45) is 1.04. The maximum atomic E-state index is 14.1. The van der Waals surface area contributed by atoms with Crippen LogP contribution in [0.15, 0.2) is 30.6 Å². The van der Waals surface area contributed by atoms with E-state index in [9.17, 15) is 18.4 Å². The number of rotatable bonds is 3. The summed E-state index contributed by atoms with van der Waals surface area (Å²) in [5, 5.41) is 2.83. The Labute approximate surface area is 152 Å². The number of carbonyl (C=O) groups excluding carboxylic acids is 2. The number of aromatic nitrogens is 2. The van der Waals surface area contributed by atoms with Crippen molar-refractivity contribution >= 4 is 29.4 Å². The molecule has 2 aliphatic rings. The molecule has 2 heterocycles. The quantitative estimate of drug-likeness (QED) is 0.889. The lowest BCUT2D eigenvalue weighted by molar-refractivity contribution is -0.117. The first-order chi connectivity index (χ1) is 12.4. The van der Waals surface area contributed by atoms with Crippen LogP contribution < -0.4 is 5.32 Å². The minimum absolute atomic E-state index is 0.0717. The highest BCUT2D eigenvalue weighted by Crippen LogP contribution is 2.54. The van der Waals surface area contributed by atoms with Gasteiger partial charge in [-0.25, -0.2) is 18.7 Å². The second-order valence-corrected chi connectivity index (χ2v) is 6.89. The maximum absolute atomic E-state index is 14.1. The molecule has 1 saturated carbocycles. The highest BCUT2D eigenvalue weighted by Gasteiger charge is 2.61. The van der Waals surface area contributed by atoms with Crippen LogP contribution >= 0.6 is 11.6 Å². The van der Waals surface area contributed by atoms with Crippen molar-refractivity contribution in [2.75, 3.05) is 18.4 Å². The summed E-state index contributed by atoms with van der Waals surface area (Å²) >= 11 is 6.00. The topological polar surface area (TPSA) is 75.2 Å². The van der Waals surface area contributed by atoms with Crippen molar-refractivity contribution in [3.05, 3.63) is 52.6 Å². The van der Waals surface area contributed by atoms with Gasteiger partial charge >= 0.3 is 0 Å². The van der Waals surface area contributed by atoms with Crippen LogP contribution in [0, 0.1) is 5.82 Å². The molecule has 134 valence electrons. The molecule has 1 N–H and O–H groups in total. The number of nitrogens with zero attached hydrogens (tertiary/aromatic N) is 3. The van der Waals surface area contributed by atoms with E-state index in [2.05, 4.69) is 15.3 Å². The zero-order valence-corrected chi connectivity index (χ0v) is 14.1. The molecular formula is C17H13ClF2N4O2. The Morgan fingerprint density at radius 3 is 2.73 bits per heavy atom. The Kier molecular flexibility index (Phi) is 3.87. The summed E-state index contributed by atoms with van der Waals surface area (Å²) in [5.74, 6) is -1.61. The van der Waals surface area contributed by atoms with Gasteiger partial charge in [-0.2, -0.15) is 0 Å². The van der Waals surface area contributed by atoms with Gasteiger partial charge in [-0.3, -0.25) is 14.9 Å². The summed E-state index contributed by atoms with van der Waals surface area (Å²) in [4.78, 5) is 33.4. The van der Waals surface area contributed by atoms with Crippen LogP contribution in [0.25, 0.3) is 0 Å². The number of nitrogens with one attached hydrogen (secondary N) is 1. The predicted octanol–water partition coefficient (Wildman–Crippen LogP) is 2.34. The first-order valence-electron chi connectivity index (χ1n) is 7.90. The smallest absolute Gasteiger partial charge is 0.254 e. The standard InChI is InChI=1S/C17H13ClF2N4O2/c18-9-1-2-11-12(3-9)17(4-13(17)20)8-24(15(11)26)7-14(25)23-16-21-5-10(19)6-22-16/h1-3,5-6,13H,4,7-8H2,(H,21,22,23,25)/t13-,17+/m1/s1. The monoisotopic (exact) mass is 378 g/mol. The number of hydrogen-bond donors (Lipinski definition) is 1. The average molecular weight is 379 g/mol. The summed E-state index contributed by atoms with van der Waals surface area (Å²) in [7, 11) is 0. The van der Waals surface area contributed by atoms with Gasteiger partial charge in [0.25, 0.3) is 5.91 Å². The number of carbonyl (C=O) groups is 2. The van der Waals surface area contributed by atoms with Crippen LogP contribution in [-0.4, -0.2) is 45.9 Å². The van der Waals surface area contributed by atoms with Gasteiger partial charge in [0, 0.05) is 22.5 Å². The van der Waals surface area contributed by atoms with Gasteiger partial charge in [0.1, 0.15) is 12.7 Å². The van der Waals surface area contributed by atoms with Crippen LogP contribution in [0.4, 0.5) is 14.7 Å². The molecule has 1 fully saturated rings. The largest absolute Gasteiger partial charge is 0.328 e. The lowest BCUT2D eigenvalue weighted by atomic mass is 9.86. The highest BCUT2D eigenvalue weighted by atomic mass is 35.5. The van der Waals surface area contributed by atoms with Gasteiger partial charge in [0.05, 0.1) is 12.4 Å². The average Bonchev–Trinajstić information content (AvgIpc) is 3.25. The fourth-order valence-electron chi connectivity index (χ4n) is 3.33. The summed E-state index contributed by atoms with van der Waals surface area (Å²) < 4.78 is 27.0. The molecule has 2 atom stereocenters. The minimum atomic E-state index is -1.08. The molecule has 0 unspecified atom stereocenters. The SMILES string of the molecule is O=C(CN1C[C@@]2(C[C@H]2F)c2cc(Cl)ccc2C1=O)Nc1ncc(F)cn1. The third-order valence-corrected chi connectivity index (χ3v) is 4.93. The Bertz CT molecular complexity index is 908. The second kappa shape index (κ2) is 5.98. The van der Waals surface area contributed by atoms with Crippen molar-refractivity contribution in [3.63, 3.8) is 0 Å². The number of anilines is 1. The van der Waals surface area contributed by atoms with Crippen molar-refractivity contribution in [2.24, 2.45) is 0 Å². The number of alkyl halides is 1. The Balaban J connectivity index is 1.54. The van der Waals surface area contributed by atoms with Crippen LogP contribution in [-0.2, 0) is 10.2 Å². The number of halogens is 3. The molecule has 2 amide bonds. The molecule has 9 heteroatoms. The van der Waals surface area contributed by atoms with Gasteiger partial charge in [-0.15, -0.1) is 0 Å². The predicted molar refractivity (Wildman–Crippen MR) is 89.2 cm³/mol. The zero-order valence-electron chi connectivity index (χ0n) is 13.4. The van der Waals surface area contributed by atoms with E-state index in [0.717, 1.165) is 12.4 Å². The molecule has 1 aromatic carbocycles. The van der Waals surface area contributed by atoms with Crippen molar-refractivity contribution in [1.29, 1.82) is 0 Å². The van der Waals surface area contributed by atoms with Crippen molar-refractivity contribution < 1.29 is 18.4 Å². The molecule has 0 saturated heterocycles. The number of benzene rings is 1. The van der Waals surface area contributed by atoms with Gasteiger partial charge in [0.15, 0.2) is 5.82 Å². The lowest BCUT2D eigenvalue weighted by Gasteiger charge is -2.34.